The van der Waals surface area contributed by atoms with Crippen molar-refractivity contribution in [2.24, 2.45) is 0 Å². The molecule has 0 bridgehead atoms. The normalized spacial score (nSPS) is 15.2. The molecule has 2 atom stereocenters. The standard InChI is InChI=1S/C8H11NO3S/c9-7-3-1-6(2-4-7)8(5-10)13(11)12/h1-4,8,10H,5,9H2,(H,11,12). The van der Waals surface area contributed by atoms with Crippen molar-refractivity contribution in [1.82, 2.24) is 0 Å². The van der Waals surface area contributed by atoms with E-state index in [2.05, 4.69) is 0 Å². The van der Waals surface area contributed by atoms with Crippen LogP contribution in [0, 0.1) is 0 Å². The summed E-state index contributed by atoms with van der Waals surface area (Å²) in [5.41, 5.74) is 6.64. The molecule has 2 unspecified atom stereocenters. The van der Waals surface area contributed by atoms with Crippen LogP contribution in [-0.4, -0.2) is 20.5 Å². The number of benzene rings is 1. The fraction of sp³-hybridized carbons (Fsp3) is 0.250. The summed E-state index contributed by atoms with van der Waals surface area (Å²) in [5.74, 6) is 0. The summed E-state index contributed by atoms with van der Waals surface area (Å²) in [6.07, 6.45) is 0. The molecule has 0 saturated heterocycles. The summed E-state index contributed by atoms with van der Waals surface area (Å²) in [6.45, 7) is -0.354. The summed E-state index contributed by atoms with van der Waals surface area (Å²) in [4.78, 5) is 0. The van der Waals surface area contributed by atoms with Crippen LogP contribution in [0.25, 0.3) is 0 Å². The Morgan fingerprint density at radius 2 is 1.92 bits per heavy atom. The predicted molar refractivity (Wildman–Crippen MR) is 51.5 cm³/mol. The zero-order chi connectivity index (χ0) is 9.84. The van der Waals surface area contributed by atoms with Crippen LogP contribution in [-0.2, 0) is 11.1 Å². The topological polar surface area (TPSA) is 83.5 Å². The van der Waals surface area contributed by atoms with E-state index >= 15 is 0 Å². The van der Waals surface area contributed by atoms with Gasteiger partial charge in [-0.2, -0.15) is 0 Å². The predicted octanol–water partition coefficient (Wildman–Crippen LogP) is 0.524. The van der Waals surface area contributed by atoms with E-state index in [1.165, 1.54) is 0 Å². The number of hydrogen-bond acceptors (Lipinski definition) is 3. The number of aliphatic hydroxyl groups excluding tert-OH is 1. The van der Waals surface area contributed by atoms with E-state index in [9.17, 15) is 4.21 Å². The average molecular weight is 201 g/mol. The van der Waals surface area contributed by atoms with Gasteiger partial charge in [-0.15, -0.1) is 0 Å². The molecule has 5 heteroatoms. The molecule has 1 aromatic carbocycles. The van der Waals surface area contributed by atoms with Gasteiger partial charge in [-0.25, -0.2) is 4.21 Å². The molecule has 0 aliphatic carbocycles. The molecular weight excluding hydrogens is 190 g/mol. The molecule has 0 spiro atoms. The number of anilines is 1. The van der Waals surface area contributed by atoms with Crippen molar-refractivity contribution in [3.05, 3.63) is 29.8 Å². The smallest absolute Gasteiger partial charge is 0.162 e. The first-order valence-electron chi connectivity index (χ1n) is 3.71. The molecule has 0 aromatic heterocycles. The van der Waals surface area contributed by atoms with E-state index in [-0.39, 0.29) is 6.61 Å². The van der Waals surface area contributed by atoms with Gasteiger partial charge in [0.2, 0.25) is 0 Å². The summed E-state index contributed by atoms with van der Waals surface area (Å²) >= 11 is -2.05. The molecule has 4 N–H and O–H groups in total. The molecule has 0 amide bonds. The number of aliphatic hydroxyl groups is 1. The molecular formula is C8H11NO3S. The van der Waals surface area contributed by atoms with Crippen molar-refractivity contribution >= 4 is 16.8 Å². The lowest BCUT2D eigenvalue weighted by Crippen LogP contribution is -2.09. The zero-order valence-corrected chi connectivity index (χ0v) is 7.70. The average Bonchev–Trinajstić information content (AvgIpc) is 2.09. The maximum atomic E-state index is 10.7. The lowest BCUT2D eigenvalue weighted by Gasteiger charge is -2.09. The highest BCUT2D eigenvalue weighted by Crippen LogP contribution is 2.19. The maximum Gasteiger partial charge on any atom is 0.162 e. The molecule has 1 rings (SSSR count). The van der Waals surface area contributed by atoms with Crippen molar-refractivity contribution in [3.8, 4) is 0 Å². The molecule has 1 aromatic rings. The SMILES string of the molecule is Nc1ccc(C(CO)S(=O)O)cc1. The van der Waals surface area contributed by atoms with Crippen molar-refractivity contribution in [2.75, 3.05) is 12.3 Å². The molecule has 0 radical (unpaired) electrons. The lowest BCUT2D eigenvalue weighted by molar-refractivity contribution is 0.290. The second-order valence-corrected chi connectivity index (χ2v) is 3.74. The third kappa shape index (κ3) is 2.51. The highest BCUT2D eigenvalue weighted by Gasteiger charge is 2.15. The monoisotopic (exact) mass is 201 g/mol. The molecule has 72 valence electrons. The first kappa shape index (κ1) is 10.2. The minimum Gasteiger partial charge on any atom is -0.399 e. The fourth-order valence-electron chi connectivity index (χ4n) is 0.996. The van der Waals surface area contributed by atoms with Crippen LogP contribution in [0.15, 0.2) is 24.3 Å². The summed E-state index contributed by atoms with van der Waals surface area (Å²) in [7, 11) is 0. The molecule has 13 heavy (non-hydrogen) atoms. The van der Waals surface area contributed by atoms with Crippen LogP contribution in [0.5, 0.6) is 0 Å². The van der Waals surface area contributed by atoms with Crippen LogP contribution < -0.4 is 5.73 Å². The number of nitrogens with two attached hydrogens (primary N) is 1. The van der Waals surface area contributed by atoms with Gasteiger partial charge in [0.1, 0.15) is 5.25 Å². The fourth-order valence-corrected chi connectivity index (χ4v) is 1.51. The van der Waals surface area contributed by atoms with Gasteiger partial charge in [0.25, 0.3) is 0 Å². The Morgan fingerprint density at radius 3 is 2.31 bits per heavy atom. The van der Waals surface area contributed by atoms with Crippen LogP contribution in [0.3, 0.4) is 0 Å². The van der Waals surface area contributed by atoms with Gasteiger partial charge in [0, 0.05) is 5.69 Å². The third-order valence-electron chi connectivity index (χ3n) is 1.72. The quantitative estimate of drug-likeness (QED) is 0.492. The van der Waals surface area contributed by atoms with Crippen LogP contribution in [0.1, 0.15) is 10.8 Å². The minimum atomic E-state index is -2.05. The van der Waals surface area contributed by atoms with Gasteiger partial charge in [-0.05, 0) is 17.7 Å². The largest absolute Gasteiger partial charge is 0.399 e. The first-order chi connectivity index (χ1) is 6.15. The van der Waals surface area contributed by atoms with Crippen LogP contribution in [0.4, 0.5) is 5.69 Å². The van der Waals surface area contributed by atoms with Gasteiger partial charge in [0.05, 0.1) is 6.61 Å². The van der Waals surface area contributed by atoms with E-state index in [4.69, 9.17) is 15.4 Å². The number of hydrogen-bond donors (Lipinski definition) is 3. The van der Waals surface area contributed by atoms with E-state index in [1.54, 1.807) is 24.3 Å². The molecule has 4 nitrogen and oxygen atoms in total. The molecule has 0 saturated carbocycles. The number of nitrogen functional groups attached to an aromatic ring is 1. The lowest BCUT2D eigenvalue weighted by atomic mass is 10.1. The van der Waals surface area contributed by atoms with Crippen LogP contribution >= 0.6 is 0 Å². The van der Waals surface area contributed by atoms with E-state index in [1.807, 2.05) is 0 Å². The van der Waals surface area contributed by atoms with Crippen molar-refractivity contribution in [2.45, 2.75) is 5.25 Å². The van der Waals surface area contributed by atoms with Gasteiger partial charge in [-0.1, -0.05) is 12.1 Å². The Kier molecular flexibility index (Phi) is 3.41. The second kappa shape index (κ2) is 4.36. The first-order valence-corrected chi connectivity index (χ1v) is 4.88. The summed E-state index contributed by atoms with van der Waals surface area (Å²) in [6, 6.07) is 6.52. The maximum absolute atomic E-state index is 10.7. The van der Waals surface area contributed by atoms with Gasteiger partial charge in [-0.3, -0.25) is 0 Å². The van der Waals surface area contributed by atoms with Gasteiger partial charge < -0.3 is 15.4 Å². The van der Waals surface area contributed by atoms with E-state index < -0.39 is 16.3 Å². The Bertz CT molecular complexity index is 299. The Labute approximate surface area is 78.7 Å². The summed E-state index contributed by atoms with van der Waals surface area (Å²) < 4.78 is 19.6. The molecule has 0 fully saturated rings. The highest BCUT2D eigenvalue weighted by atomic mass is 32.2. The highest BCUT2D eigenvalue weighted by molar-refractivity contribution is 7.79. The number of rotatable bonds is 3. The van der Waals surface area contributed by atoms with E-state index in [0.29, 0.717) is 11.3 Å². The molecule has 0 heterocycles. The minimum absolute atomic E-state index is 0.354. The van der Waals surface area contributed by atoms with Crippen molar-refractivity contribution in [3.63, 3.8) is 0 Å². The van der Waals surface area contributed by atoms with Gasteiger partial charge in [0.15, 0.2) is 11.1 Å². The second-order valence-electron chi connectivity index (χ2n) is 2.61. The van der Waals surface area contributed by atoms with Crippen LogP contribution in [0.2, 0.25) is 0 Å². The van der Waals surface area contributed by atoms with Crippen molar-refractivity contribution in [1.29, 1.82) is 0 Å². The Hall–Kier alpha value is -0.910. The Morgan fingerprint density at radius 1 is 1.38 bits per heavy atom. The Balaban J connectivity index is 2.92. The molecule has 0 aliphatic heterocycles. The van der Waals surface area contributed by atoms with E-state index in [0.717, 1.165) is 0 Å². The van der Waals surface area contributed by atoms with Crippen molar-refractivity contribution < 1.29 is 13.9 Å². The van der Waals surface area contributed by atoms with Gasteiger partial charge >= 0.3 is 0 Å². The summed E-state index contributed by atoms with van der Waals surface area (Å²) in [5, 5.41) is 8.09. The molecule has 0 aliphatic rings. The zero-order valence-electron chi connectivity index (χ0n) is 6.88. The third-order valence-corrected chi connectivity index (χ3v) is 2.63.